The van der Waals surface area contributed by atoms with Crippen molar-refractivity contribution >= 4 is 111 Å². The summed E-state index contributed by atoms with van der Waals surface area (Å²) in [6, 6.07) is 30.0. The SMILES string of the molecule is [2H]C(C)(C)N1C=CN(c2c(C)ccc3c2oc2nc(C)ccc23)C1C.[2H]C([2H])([2H])C([2H])(C)N1C=CN(c2c(C)ccc3c2oc2nc(C)ccc23)C1C.[2H]C([2H])([2H])N1C=CN(c2c(C)ccc3c2oc2nc(C)ccc23)C1C.[2H]C([2H])([2H])N1C=CN(c2c(C)ccc3c2oc2nc(C)ccc23)C1C. The number of aryl methyl sites for hydroxylation is 8. The van der Waals surface area contributed by atoms with Gasteiger partial charge in [-0.2, -0.15) is 0 Å². The second-order valence-corrected chi connectivity index (χ2v) is 24.6. The van der Waals surface area contributed by atoms with E-state index in [1.54, 1.807) is 35.9 Å². The van der Waals surface area contributed by atoms with E-state index in [4.69, 9.17) is 32.7 Å². The first kappa shape index (κ1) is 48.8. The topological polar surface area (TPSA) is 130 Å². The highest BCUT2D eigenvalue weighted by Crippen LogP contribution is 2.44. The number of furan rings is 4. The van der Waals surface area contributed by atoms with Crippen molar-refractivity contribution in [3.8, 4) is 0 Å². The number of rotatable bonds is 6. The fraction of sp³-hybridized carbons (Fsp3) is 0.316. The molecule has 4 aliphatic heterocycles. The molecule has 8 aromatic heterocycles. The van der Waals surface area contributed by atoms with Crippen LogP contribution < -0.4 is 19.6 Å². The van der Waals surface area contributed by atoms with E-state index in [1.165, 1.54) is 16.7 Å². The molecule has 16 rings (SSSR count). The van der Waals surface area contributed by atoms with E-state index in [9.17, 15) is 0 Å². The van der Waals surface area contributed by atoms with Crippen molar-refractivity contribution in [2.75, 3.05) is 33.6 Å². The van der Waals surface area contributed by atoms with Crippen LogP contribution in [0.4, 0.5) is 22.7 Å². The lowest BCUT2D eigenvalue weighted by Crippen LogP contribution is -2.39. The quantitative estimate of drug-likeness (QED) is 0.156. The maximum atomic E-state index is 8.44. The van der Waals surface area contributed by atoms with Gasteiger partial charge in [-0.3, -0.25) is 0 Å². The maximum absolute atomic E-state index is 8.44. The summed E-state index contributed by atoms with van der Waals surface area (Å²) in [5, 5.41) is 7.92. The Morgan fingerprint density at radius 2 is 0.598 bits per heavy atom. The Kier molecular flexibility index (Phi) is 12.6. The summed E-state index contributed by atoms with van der Waals surface area (Å²) in [6.45, 7) is 22.0. The zero-order chi connectivity index (χ0) is 74.2. The summed E-state index contributed by atoms with van der Waals surface area (Å²) in [7, 11) is 0. The Labute approximate surface area is 554 Å². The number of fused-ring (bicyclic) bond motifs is 12. The monoisotopic (exact) mass is 1240 g/mol. The minimum Gasteiger partial charge on any atom is -0.435 e. The van der Waals surface area contributed by atoms with Gasteiger partial charge in [0.1, 0.15) is 24.7 Å². The predicted octanol–water partition coefficient (Wildman–Crippen LogP) is 18.2. The highest BCUT2D eigenvalue weighted by Gasteiger charge is 2.32. The van der Waals surface area contributed by atoms with Crippen LogP contribution in [0.1, 0.15) is 115 Å². The van der Waals surface area contributed by atoms with E-state index in [1.807, 2.05) is 200 Å². The molecular formula is C76H84N12O4. The molecule has 16 nitrogen and oxygen atoms in total. The number of anilines is 4. The van der Waals surface area contributed by atoms with Crippen LogP contribution >= 0.6 is 0 Å². The van der Waals surface area contributed by atoms with Crippen LogP contribution in [-0.4, -0.2) is 90.2 Å². The number of hydrogen-bond acceptors (Lipinski definition) is 16. The number of benzene rings is 4. The van der Waals surface area contributed by atoms with Crippen LogP contribution in [-0.2, 0) is 0 Å². The second kappa shape index (κ2) is 23.7. The molecule has 0 spiro atoms. The van der Waals surface area contributed by atoms with Gasteiger partial charge in [0.15, 0.2) is 22.3 Å². The fourth-order valence-corrected chi connectivity index (χ4v) is 12.9. The molecule has 4 aromatic carbocycles. The van der Waals surface area contributed by atoms with Crippen LogP contribution in [0.3, 0.4) is 0 Å². The molecule has 0 saturated carbocycles. The van der Waals surface area contributed by atoms with Crippen molar-refractivity contribution < 1.29 is 32.7 Å². The summed E-state index contributed by atoms with van der Waals surface area (Å²) in [6.07, 6.45) is 13.4. The lowest BCUT2D eigenvalue weighted by Gasteiger charge is -2.33. The first-order valence-corrected chi connectivity index (χ1v) is 31.0. The van der Waals surface area contributed by atoms with E-state index < -0.39 is 32.8 Å². The normalized spacial score (nSPS) is 20.9. The largest absolute Gasteiger partial charge is 0.435 e. The molecule has 0 amide bonds. The van der Waals surface area contributed by atoms with Crippen molar-refractivity contribution in [3.05, 3.63) is 192 Å². The maximum Gasteiger partial charge on any atom is 0.227 e. The molecule has 16 heteroatoms. The minimum absolute atomic E-state index is 0.0414. The van der Waals surface area contributed by atoms with Crippen molar-refractivity contribution in [2.45, 2.75) is 147 Å². The van der Waals surface area contributed by atoms with Gasteiger partial charge < -0.3 is 56.9 Å². The average molecular weight is 1240 g/mol. The van der Waals surface area contributed by atoms with Crippen molar-refractivity contribution in [1.29, 1.82) is 0 Å². The Balaban J connectivity index is 0.000000122. The minimum atomic E-state index is -2.44. The fourth-order valence-electron chi connectivity index (χ4n) is 12.9. The molecule has 5 atom stereocenters. The molecule has 5 unspecified atom stereocenters. The number of hydrogen-bond donors (Lipinski definition) is 0. The summed E-state index contributed by atoms with van der Waals surface area (Å²) in [5.41, 5.74) is 17.0. The van der Waals surface area contributed by atoms with Crippen LogP contribution in [0.15, 0.2) is 164 Å². The van der Waals surface area contributed by atoms with Crippen LogP contribution in [0.5, 0.6) is 0 Å². The average Bonchev–Trinajstić information content (AvgIpc) is 1.61. The van der Waals surface area contributed by atoms with Gasteiger partial charge >= 0.3 is 0 Å². The van der Waals surface area contributed by atoms with Gasteiger partial charge in [0.05, 0.1) is 25.5 Å². The number of aromatic nitrogens is 4. The summed E-state index contributed by atoms with van der Waals surface area (Å²) >= 11 is 0. The third-order valence-corrected chi connectivity index (χ3v) is 18.0. The molecule has 0 fully saturated rings. The van der Waals surface area contributed by atoms with E-state index >= 15 is 0 Å². The number of pyridine rings is 4. The van der Waals surface area contributed by atoms with Gasteiger partial charge in [-0.05, 0) is 181 Å². The molecule has 0 N–H and O–H groups in total. The van der Waals surface area contributed by atoms with Crippen LogP contribution in [0.25, 0.3) is 88.3 Å². The smallest absolute Gasteiger partial charge is 0.227 e. The van der Waals surface area contributed by atoms with Gasteiger partial charge in [0, 0.05) is 154 Å². The highest BCUT2D eigenvalue weighted by atomic mass is 16.4. The Morgan fingerprint density at radius 3 is 0.848 bits per heavy atom. The lowest BCUT2D eigenvalue weighted by molar-refractivity contribution is 0.263. The van der Waals surface area contributed by atoms with E-state index in [2.05, 4.69) is 56.9 Å². The Morgan fingerprint density at radius 1 is 0.337 bits per heavy atom. The van der Waals surface area contributed by atoms with Gasteiger partial charge in [-0.15, -0.1) is 0 Å². The van der Waals surface area contributed by atoms with Gasteiger partial charge in [-0.25, -0.2) is 19.9 Å². The summed E-state index contributed by atoms with van der Waals surface area (Å²) in [4.78, 5) is 32.4. The first-order valence-electron chi connectivity index (χ1n) is 36.5. The molecule has 0 aliphatic carbocycles. The molecule has 12 heterocycles. The van der Waals surface area contributed by atoms with E-state index in [-0.39, 0.29) is 24.7 Å². The molecule has 0 radical (unpaired) electrons. The Hall–Kier alpha value is -9.96. The third kappa shape index (κ3) is 10.5. The van der Waals surface area contributed by atoms with Crippen LogP contribution in [0.2, 0.25) is 0 Å². The lowest BCUT2D eigenvalue weighted by atomic mass is 10.1. The van der Waals surface area contributed by atoms with Crippen molar-refractivity contribution in [2.24, 2.45) is 0 Å². The molecule has 0 bridgehead atoms. The first-order chi connectivity index (χ1) is 48.3. The summed E-state index contributed by atoms with van der Waals surface area (Å²) in [5.74, 6) is 0. The molecule has 472 valence electrons. The highest BCUT2D eigenvalue weighted by molar-refractivity contribution is 6.12. The Bertz CT molecular complexity index is 5060. The standard InChI is InChI=1S/2C20H23N3O.2C18H19N3O/c2*1-12(2)22-10-11-23(15(22)5)18-13(3)6-8-16-17-9-7-14(4)21-20(17)24-19(16)18;2*1-11-5-7-14-15-8-6-12(2)19-18(15)22-17(14)16(11)21-10-9-20(4)13(21)3/h2*6-12,15H,1-5H3;2*5-10,13H,1-4H3/i1D3,12D;12D;2*4D3. The van der Waals surface area contributed by atoms with Gasteiger partial charge in [0.25, 0.3) is 0 Å². The summed E-state index contributed by atoms with van der Waals surface area (Å²) < 4.78 is 111. The zero-order valence-corrected chi connectivity index (χ0v) is 54.7. The van der Waals surface area contributed by atoms with Crippen molar-refractivity contribution in [3.63, 3.8) is 0 Å². The van der Waals surface area contributed by atoms with Gasteiger partial charge in [0.2, 0.25) is 22.9 Å². The van der Waals surface area contributed by atoms with Crippen LogP contribution in [0, 0.1) is 55.4 Å². The zero-order valence-electron chi connectivity index (χ0n) is 65.7. The predicted molar refractivity (Wildman–Crippen MR) is 378 cm³/mol. The molecular weight excluding hydrogens is 1140 g/mol. The van der Waals surface area contributed by atoms with E-state index in [0.29, 0.717) is 28.4 Å². The van der Waals surface area contributed by atoms with Gasteiger partial charge in [-0.1, -0.05) is 48.5 Å². The third-order valence-electron chi connectivity index (χ3n) is 18.0. The molecule has 0 saturated heterocycles. The molecule has 92 heavy (non-hydrogen) atoms. The molecule has 12 aromatic rings. The van der Waals surface area contributed by atoms with E-state index in [0.717, 1.165) is 128 Å². The second-order valence-electron chi connectivity index (χ2n) is 24.6. The van der Waals surface area contributed by atoms with Crippen molar-refractivity contribution in [1.82, 2.24) is 39.5 Å². The number of nitrogens with zero attached hydrogens (tertiary/aromatic N) is 12. The molecule has 4 aliphatic rings.